The van der Waals surface area contributed by atoms with Gasteiger partial charge in [-0.1, -0.05) is 6.07 Å². The molecule has 0 radical (unpaired) electrons. The van der Waals surface area contributed by atoms with Crippen molar-refractivity contribution in [2.24, 2.45) is 0 Å². The van der Waals surface area contributed by atoms with E-state index in [4.69, 9.17) is 15.3 Å². The first-order chi connectivity index (χ1) is 9.88. The number of hydrogen-bond acceptors (Lipinski definition) is 5. The summed E-state index contributed by atoms with van der Waals surface area (Å²) in [6.45, 7) is 0. The van der Waals surface area contributed by atoms with E-state index in [1.165, 1.54) is 18.2 Å². The highest BCUT2D eigenvalue weighted by molar-refractivity contribution is 5.92. The highest BCUT2D eigenvalue weighted by Crippen LogP contribution is 2.19. The van der Waals surface area contributed by atoms with Gasteiger partial charge in [-0.3, -0.25) is 0 Å². The smallest absolute Gasteiger partial charge is 0.354 e. The largest absolute Gasteiger partial charge is 0.477 e. The van der Waals surface area contributed by atoms with Crippen LogP contribution in [0.15, 0.2) is 30.3 Å². The Bertz CT molecular complexity index is 724. The first-order valence-corrected chi connectivity index (χ1v) is 5.58. The van der Waals surface area contributed by atoms with Gasteiger partial charge in [-0.25, -0.2) is 24.4 Å². The quantitative estimate of drug-likeness (QED) is 0.763. The number of carbonyl (C=O) groups is 3. The summed E-state index contributed by atoms with van der Waals surface area (Å²) in [4.78, 5) is 40.1. The molecule has 0 saturated heterocycles. The molecule has 21 heavy (non-hydrogen) atoms. The molecule has 2 aromatic heterocycles. The van der Waals surface area contributed by atoms with Crippen LogP contribution in [0.4, 0.5) is 0 Å². The third-order valence-electron chi connectivity index (χ3n) is 2.53. The Morgan fingerprint density at radius 1 is 0.762 bits per heavy atom. The minimum absolute atomic E-state index is 0.141. The number of aromatic carboxylic acids is 3. The monoisotopic (exact) mass is 288 g/mol. The number of pyridine rings is 2. The molecule has 8 heteroatoms. The highest BCUT2D eigenvalue weighted by atomic mass is 16.4. The van der Waals surface area contributed by atoms with Gasteiger partial charge in [0.05, 0.1) is 5.69 Å². The van der Waals surface area contributed by atoms with E-state index in [0.29, 0.717) is 0 Å². The van der Waals surface area contributed by atoms with Gasteiger partial charge in [0.2, 0.25) is 0 Å². The van der Waals surface area contributed by atoms with Crippen LogP contribution in [0.5, 0.6) is 0 Å². The van der Waals surface area contributed by atoms with Crippen molar-refractivity contribution in [2.75, 3.05) is 0 Å². The maximum Gasteiger partial charge on any atom is 0.354 e. The number of carboxylic acid groups (broad SMARTS) is 3. The van der Waals surface area contributed by atoms with E-state index < -0.39 is 29.3 Å². The van der Waals surface area contributed by atoms with Crippen LogP contribution in [0, 0.1) is 0 Å². The van der Waals surface area contributed by atoms with Gasteiger partial charge < -0.3 is 15.3 Å². The fourth-order valence-electron chi connectivity index (χ4n) is 1.61. The molecule has 2 rings (SSSR count). The van der Waals surface area contributed by atoms with Gasteiger partial charge in [0.25, 0.3) is 0 Å². The molecule has 2 heterocycles. The number of carboxylic acids is 3. The van der Waals surface area contributed by atoms with Gasteiger partial charge in [-0.15, -0.1) is 0 Å². The standard InChI is InChI=1S/C13H8N2O6/c16-11(17)8-3-1-2-7(14-8)6-4-9(12(18)19)15-10(5-6)13(20)21/h1-5H,(H,16,17)(H,18,19)(H,20,21). The molecule has 0 saturated carbocycles. The van der Waals surface area contributed by atoms with E-state index in [1.807, 2.05) is 0 Å². The Kier molecular flexibility index (Phi) is 3.61. The summed E-state index contributed by atoms with van der Waals surface area (Å²) in [6.07, 6.45) is 0. The van der Waals surface area contributed by atoms with Crippen molar-refractivity contribution in [1.82, 2.24) is 9.97 Å². The minimum atomic E-state index is -1.39. The zero-order valence-electron chi connectivity index (χ0n) is 10.3. The summed E-state index contributed by atoms with van der Waals surface area (Å²) >= 11 is 0. The first-order valence-electron chi connectivity index (χ1n) is 5.58. The Hall–Kier alpha value is -3.29. The van der Waals surface area contributed by atoms with Gasteiger partial charge in [-0.05, 0) is 24.3 Å². The molecule has 0 fully saturated rings. The lowest BCUT2D eigenvalue weighted by atomic mass is 10.1. The van der Waals surface area contributed by atoms with Crippen LogP contribution in [0.2, 0.25) is 0 Å². The second-order valence-corrected chi connectivity index (χ2v) is 3.95. The van der Waals surface area contributed by atoms with E-state index in [-0.39, 0.29) is 17.0 Å². The SMILES string of the molecule is O=C(O)c1cc(-c2cccc(C(=O)O)n2)cc(C(=O)O)n1. The summed E-state index contributed by atoms with van der Waals surface area (Å²) in [5, 5.41) is 26.7. The van der Waals surface area contributed by atoms with Gasteiger partial charge in [0.1, 0.15) is 17.1 Å². The predicted molar refractivity (Wildman–Crippen MR) is 68.3 cm³/mol. The Morgan fingerprint density at radius 3 is 1.76 bits per heavy atom. The maximum atomic E-state index is 11.0. The molecule has 0 aromatic carbocycles. The molecule has 0 aliphatic heterocycles. The Labute approximate surface area is 117 Å². The summed E-state index contributed by atoms with van der Waals surface area (Å²) in [6, 6.07) is 6.39. The third kappa shape index (κ3) is 3.00. The Balaban J connectivity index is 2.62. The van der Waals surface area contributed by atoms with E-state index >= 15 is 0 Å². The zero-order chi connectivity index (χ0) is 15.6. The molecule has 8 nitrogen and oxygen atoms in total. The zero-order valence-corrected chi connectivity index (χ0v) is 10.3. The molecule has 0 aliphatic rings. The topological polar surface area (TPSA) is 138 Å². The normalized spacial score (nSPS) is 10.1. The lowest BCUT2D eigenvalue weighted by Crippen LogP contribution is -2.08. The lowest BCUT2D eigenvalue weighted by molar-refractivity contribution is 0.0672. The summed E-state index contributed by atoms with van der Waals surface area (Å²) in [5.74, 6) is -4.04. The fourth-order valence-corrected chi connectivity index (χ4v) is 1.61. The summed E-state index contributed by atoms with van der Waals surface area (Å²) < 4.78 is 0. The number of nitrogens with zero attached hydrogens (tertiary/aromatic N) is 2. The predicted octanol–water partition coefficient (Wildman–Crippen LogP) is 1.24. The van der Waals surface area contributed by atoms with E-state index in [0.717, 1.165) is 12.1 Å². The lowest BCUT2D eigenvalue weighted by Gasteiger charge is -2.05. The molecule has 2 aromatic rings. The van der Waals surface area contributed by atoms with E-state index in [1.54, 1.807) is 0 Å². The summed E-state index contributed by atoms with van der Waals surface area (Å²) in [5.41, 5.74) is -0.872. The molecular weight excluding hydrogens is 280 g/mol. The number of hydrogen-bond donors (Lipinski definition) is 3. The van der Waals surface area contributed by atoms with Gasteiger partial charge in [0.15, 0.2) is 0 Å². The van der Waals surface area contributed by atoms with Crippen molar-refractivity contribution in [2.45, 2.75) is 0 Å². The number of aromatic nitrogens is 2. The van der Waals surface area contributed by atoms with Crippen LogP contribution < -0.4 is 0 Å². The van der Waals surface area contributed by atoms with Crippen molar-refractivity contribution < 1.29 is 29.7 Å². The second-order valence-electron chi connectivity index (χ2n) is 3.95. The van der Waals surface area contributed by atoms with Crippen LogP contribution in [0.25, 0.3) is 11.3 Å². The Morgan fingerprint density at radius 2 is 1.29 bits per heavy atom. The van der Waals surface area contributed by atoms with Crippen molar-refractivity contribution in [1.29, 1.82) is 0 Å². The third-order valence-corrected chi connectivity index (χ3v) is 2.53. The number of rotatable bonds is 4. The molecule has 0 bridgehead atoms. The van der Waals surface area contributed by atoms with Crippen LogP contribution in [0.3, 0.4) is 0 Å². The van der Waals surface area contributed by atoms with Crippen LogP contribution in [-0.4, -0.2) is 43.2 Å². The van der Waals surface area contributed by atoms with E-state index in [2.05, 4.69) is 9.97 Å². The molecule has 0 spiro atoms. The van der Waals surface area contributed by atoms with E-state index in [9.17, 15) is 14.4 Å². The van der Waals surface area contributed by atoms with Crippen LogP contribution in [-0.2, 0) is 0 Å². The molecule has 0 unspecified atom stereocenters. The maximum absolute atomic E-state index is 11.0. The van der Waals surface area contributed by atoms with Crippen molar-refractivity contribution in [3.05, 3.63) is 47.4 Å². The second kappa shape index (κ2) is 5.37. The van der Waals surface area contributed by atoms with Crippen molar-refractivity contribution in [3.63, 3.8) is 0 Å². The molecular formula is C13H8N2O6. The van der Waals surface area contributed by atoms with Crippen molar-refractivity contribution >= 4 is 17.9 Å². The average Bonchev–Trinajstić information content (AvgIpc) is 2.46. The van der Waals surface area contributed by atoms with Crippen LogP contribution in [0.1, 0.15) is 31.5 Å². The molecule has 0 atom stereocenters. The van der Waals surface area contributed by atoms with Crippen molar-refractivity contribution in [3.8, 4) is 11.3 Å². The van der Waals surface area contributed by atoms with Crippen LogP contribution >= 0.6 is 0 Å². The molecule has 0 aliphatic carbocycles. The average molecular weight is 288 g/mol. The molecule has 106 valence electrons. The van der Waals surface area contributed by atoms with Gasteiger partial charge in [-0.2, -0.15) is 0 Å². The fraction of sp³-hybridized carbons (Fsp3) is 0. The first kappa shape index (κ1) is 14.1. The van der Waals surface area contributed by atoms with Gasteiger partial charge in [0, 0.05) is 5.56 Å². The highest BCUT2D eigenvalue weighted by Gasteiger charge is 2.15. The minimum Gasteiger partial charge on any atom is -0.477 e. The summed E-state index contributed by atoms with van der Waals surface area (Å²) in [7, 11) is 0. The van der Waals surface area contributed by atoms with Gasteiger partial charge >= 0.3 is 17.9 Å². The molecule has 0 amide bonds. The molecule has 3 N–H and O–H groups in total.